The molecule has 4 nitrogen and oxygen atoms in total. The van der Waals surface area contributed by atoms with Crippen molar-refractivity contribution < 1.29 is 9.21 Å². The summed E-state index contributed by atoms with van der Waals surface area (Å²) in [7, 11) is 0. The molecule has 0 saturated heterocycles. The molecule has 0 unspecified atom stereocenters. The molecule has 3 aromatic carbocycles. The molecule has 4 aromatic rings. The van der Waals surface area contributed by atoms with Crippen molar-refractivity contribution in [3.8, 4) is 11.5 Å². The van der Waals surface area contributed by atoms with Crippen LogP contribution in [-0.4, -0.2) is 10.9 Å². The molecule has 0 aliphatic rings. The Morgan fingerprint density at radius 2 is 1.63 bits per heavy atom. The summed E-state index contributed by atoms with van der Waals surface area (Å²) in [6.07, 6.45) is 1.36. The van der Waals surface area contributed by atoms with E-state index in [1.807, 2.05) is 60.7 Å². The number of para-hydroxylation sites is 2. The zero-order chi connectivity index (χ0) is 18.6. The molecule has 0 fully saturated rings. The highest BCUT2D eigenvalue weighted by atomic mass is 16.3. The van der Waals surface area contributed by atoms with E-state index < -0.39 is 0 Å². The average Bonchev–Trinajstić information content (AvgIpc) is 3.13. The number of rotatable bonds is 5. The van der Waals surface area contributed by atoms with Crippen molar-refractivity contribution in [3.05, 3.63) is 83.9 Å². The summed E-state index contributed by atoms with van der Waals surface area (Å²) >= 11 is 0. The number of benzene rings is 3. The van der Waals surface area contributed by atoms with Gasteiger partial charge in [0, 0.05) is 11.3 Å². The molecule has 1 amide bonds. The second-order valence-corrected chi connectivity index (χ2v) is 6.46. The summed E-state index contributed by atoms with van der Waals surface area (Å²) in [5, 5.41) is 2.93. The van der Waals surface area contributed by atoms with Crippen molar-refractivity contribution in [1.82, 2.24) is 4.98 Å². The van der Waals surface area contributed by atoms with Crippen LogP contribution in [0.2, 0.25) is 0 Å². The van der Waals surface area contributed by atoms with Crippen LogP contribution in [0.25, 0.3) is 22.6 Å². The molecule has 4 heteroatoms. The first-order valence-corrected chi connectivity index (χ1v) is 9.05. The molecule has 1 aromatic heterocycles. The highest BCUT2D eigenvalue weighted by Gasteiger charge is 2.09. The third kappa shape index (κ3) is 3.90. The maximum Gasteiger partial charge on any atom is 0.228 e. The molecule has 0 bridgehead atoms. The maximum absolute atomic E-state index is 12.3. The number of amides is 1. The van der Waals surface area contributed by atoms with Gasteiger partial charge in [0.15, 0.2) is 5.58 Å². The van der Waals surface area contributed by atoms with Crippen LogP contribution in [0, 0.1) is 0 Å². The number of anilines is 1. The lowest BCUT2D eigenvalue weighted by Crippen LogP contribution is -2.14. The number of hydrogen-bond donors (Lipinski definition) is 1. The minimum absolute atomic E-state index is 0.0335. The van der Waals surface area contributed by atoms with Gasteiger partial charge in [0.05, 0.1) is 6.42 Å². The van der Waals surface area contributed by atoms with Gasteiger partial charge in [0.2, 0.25) is 11.8 Å². The predicted molar refractivity (Wildman–Crippen MR) is 108 cm³/mol. The zero-order valence-corrected chi connectivity index (χ0v) is 15.1. The van der Waals surface area contributed by atoms with E-state index in [-0.39, 0.29) is 5.91 Å². The van der Waals surface area contributed by atoms with Crippen LogP contribution in [0.1, 0.15) is 18.1 Å². The summed E-state index contributed by atoms with van der Waals surface area (Å²) in [5.74, 6) is 0.541. The third-order valence-electron chi connectivity index (χ3n) is 4.51. The van der Waals surface area contributed by atoms with Gasteiger partial charge < -0.3 is 9.73 Å². The Hall–Kier alpha value is -3.40. The molecule has 0 spiro atoms. The van der Waals surface area contributed by atoms with E-state index >= 15 is 0 Å². The molecule has 4 rings (SSSR count). The van der Waals surface area contributed by atoms with Crippen LogP contribution in [0.4, 0.5) is 5.69 Å². The molecule has 0 aliphatic heterocycles. The van der Waals surface area contributed by atoms with Gasteiger partial charge in [-0.15, -0.1) is 0 Å². The molecule has 0 radical (unpaired) electrons. The van der Waals surface area contributed by atoms with Crippen LogP contribution in [0.5, 0.6) is 0 Å². The largest absolute Gasteiger partial charge is 0.436 e. The molecular formula is C23H20N2O2. The van der Waals surface area contributed by atoms with Crippen molar-refractivity contribution in [2.75, 3.05) is 5.32 Å². The number of nitrogens with one attached hydrogen (secondary N) is 1. The molecule has 27 heavy (non-hydrogen) atoms. The van der Waals surface area contributed by atoms with Gasteiger partial charge in [-0.05, 0) is 53.9 Å². The number of aromatic nitrogens is 1. The Balaban J connectivity index is 1.43. The van der Waals surface area contributed by atoms with Crippen molar-refractivity contribution in [3.63, 3.8) is 0 Å². The standard InChI is InChI=1S/C23H20N2O2/c1-2-16-7-9-17(10-8-16)15-22(26)24-19-13-11-18(12-14-19)23-25-20-5-3-4-6-21(20)27-23/h3-14H,2,15H2,1H3,(H,24,26). The first-order valence-electron chi connectivity index (χ1n) is 9.05. The van der Waals surface area contributed by atoms with Crippen LogP contribution in [-0.2, 0) is 17.6 Å². The van der Waals surface area contributed by atoms with Crippen LogP contribution in [0.3, 0.4) is 0 Å². The Labute approximate surface area is 157 Å². The number of nitrogens with zero attached hydrogens (tertiary/aromatic N) is 1. The number of fused-ring (bicyclic) bond motifs is 1. The summed E-state index contributed by atoms with van der Waals surface area (Å²) < 4.78 is 5.77. The second kappa shape index (κ2) is 7.46. The number of oxazole rings is 1. The molecular weight excluding hydrogens is 336 g/mol. The van der Waals surface area contributed by atoms with Gasteiger partial charge in [0.25, 0.3) is 0 Å². The zero-order valence-electron chi connectivity index (χ0n) is 15.1. The first kappa shape index (κ1) is 17.0. The number of aryl methyl sites for hydroxylation is 1. The monoisotopic (exact) mass is 356 g/mol. The Kier molecular flexibility index (Phi) is 4.71. The van der Waals surface area contributed by atoms with Crippen molar-refractivity contribution in [2.45, 2.75) is 19.8 Å². The fraction of sp³-hybridized carbons (Fsp3) is 0.130. The number of hydrogen-bond acceptors (Lipinski definition) is 3. The molecule has 0 atom stereocenters. The normalized spacial score (nSPS) is 10.9. The minimum Gasteiger partial charge on any atom is -0.436 e. The van der Waals surface area contributed by atoms with Crippen molar-refractivity contribution in [1.29, 1.82) is 0 Å². The predicted octanol–water partition coefficient (Wildman–Crippen LogP) is 5.24. The molecule has 0 aliphatic carbocycles. The van der Waals surface area contributed by atoms with E-state index in [1.165, 1.54) is 5.56 Å². The highest BCUT2D eigenvalue weighted by Crippen LogP contribution is 2.25. The summed E-state index contributed by atoms with van der Waals surface area (Å²) in [6, 6.07) is 23.3. The SMILES string of the molecule is CCc1ccc(CC(=O)Nc2ccc(-c3nc4ccccc4o3)cc2)cc1. The Bertz CT molecular complexity index is 1030. The van der Waals surface area contributed by atoms with E-state index in [9.17, 15) is 4.79 Å². The smallest absolute Gasteiger partial charge is 0.228 e. The topological polar surface area (TPSA) is 55.1 Å². The van der Waals surface area contributed by atoms with Gasteiger partial charge in [-0.25, -0.2) is 4.98 Å². The average molecular weight is 356 g/mol. The molecule has 1 heterocycles. The summed E-state index contributed by atoms with van der Waals surface area (Å²) in [6.45, 7) is 2.12. The Morgan fingerprint density at radius 3 is 2.33 bits per heavy atom. The van der Waals surface area contributed by atoms with E-state index in [0.717, 1.165) is 34.3 Å². The fourth-order valence-corrected chi connectivity index (χ4v) is 2.98. The van der Waals surface area contributed by atoms with Crippen LogP contribution >= 0.6 is 0 Å². The van der Waals surface area contributed by atoms with Crippen molar-refractivity contribution in [2.24, 2.45) is 0 Å². The van der Waals surface area contributed by atoms with Gasteiger partial charge in [-0.3, -0.25) is 4.79 Å². The molecule has 0 saturated carbocycles. The lowest BCUT2D eigenvalue weighted by Gasteiger charge is -2.06. The van der Waals surface area contributed by atoms with E-state index in [0.29, 0.717) is 12.3 Å². The summed E-state index contributed by atoms with van der Waals surface area (Å²) in [5.41, 5.74) is 5.50. The highest BCUT2D eigenvalue weighted by molar-refractivity contribution is 5.92. The molecule has 134 valence electrons. The number of carbonyl (C=O) groups is 1. The van der Waals surface area contributed by atoms with Gasteiger partial charge >= 0.3 is 0 Å². The number of carbonyl (C=O) groups excluding carboxylic acids is 1. The third-order valence-corrected chi connectivity index (χ3v) is 4.51. The van der Waals surface area contributed by atoms with Gasteiger partial charge in [0.1, 0.15) is 5.52 Å². The second-order valence-electron chi connectivity index (χ2n) is 6.46. The Morgan fingerprint density at radius 1 is 0.926 bits per heavy atom. The summed E-state index contributed by atoms with van der Waals surface area (Å²) in [4.78, 5) is 16.8. The van der Waals surface area contributed by atoms with Crippen LogP contribution < -0.4 is 5.32 Å². The lowest BCUT2D eigenvalue weighted by molar-refractivity contribution is -0.115. The first-order chi connectivity index (χ1) is 13.2. The van der Waals surface area contributed by atoms with Gasteiger partial charge in [-0.1, -0.05) is 43.3 Å². The minimum atomic E-state index is -0.0335. The van der Waals surface area contributed by atoms with Gasteiger partial charge in [-0.2, -0.15) is 0 Å². The molecule has 1 N–H and O–H groups in total. The van der Waals surface area contributed by atoms with E-state index in [2.05, 4.69) is 29.4 Å². The van der Waals surface area contributed by atoms with E-state index in [1.54, 1.807) is 0 Å². The maximum atomic E-state index is 12.3. The van der Waals surface area contributed by atoms with Crippen molar-refractivity contribution >= 4 is 22.7 Å². The van der Waals surface area contributed by atoms with Crippen LogP contribution in [0.15, 0.2) is 77.2 Å². The quantitative estimate of drug-likeness (QED) is 0.532. The lowest BCUT2D eigenvalue weighted by atomic mass is 10.1. The fourth-order valence-electron chi connectivity index (χ4n) is 2.98. The van der Waals surface area contributed by atoms with E-state index in [4.69, 9.17) is 4.42 Å².